The number of carboxylic acid groups (broad SMARTS) is 2. The summed E-state index contributed by atoms with van der Waals surface area (Å²) in [6.45, 7) is 1.59. The van der Waals surface area contributed by atoms with Crippen LogP contribution in [0.5, 0.6) is 0 Å². The first-order valence-electron chi connectivity index (χ1n) is 24.7. The summed E-state index contributed by atoms with van der Waals surface area (Å²) in [7, 11) is 0. The summed E-state index contributed by atoms with van der Waals surface area (Å²) in [5.41, 5.74) is 7.16. The Balaban J connectivity index is 0.000000147. The minimum absolute atomic E-state index is 0.0524. The Morgan fingerprint density at radius 3 is 1.00 bits per heavy atom. The average molecular weight is 1260 g/mol. The summed E-state index contributed by atoms with van der Waals surface area (Å²) in [6, 6.07) is 38.0. The highest BCUT2D eigenvalue weighted by Crippen LogP contribution is 2.47. The van der Waals surface area contributed by atoms with Crippen molar-refractivity contribution in [1.29, 1.82) is 0 Å². The van der Waals surface area contributed by atoms with E-state index in [1.165, 1.54) is 101 Å². The van der Waals surface area contributed by atoms with Crippen LogP contribution in [0.2, 0.25) is 0 Å². The lowest BCUT2D eigenvalue weighted by molar-refractivity contribution is -0.134. The average Bonchev–Trinajstić information content (AvgIpc) is 4.47. The Bertz CT molecular complexity index is 3380. The summed E-state index contributed by atoms with van der Waals surface area (Å²) < 4.78 is 19.0. The first kappa shape index (κ1) is 53.2. The van der Waals surface area contributed by atoms with Crippen LogP contribution in [0.15, 0.2) is 139 Å². The summed E-state index contributed by atoms with van der Waals surface area (Å²) >= 11 is 14.1. The van der Waals surface area contributed by atoms with Crippen LogP contribution in [0.1, 0.15) is 82.6 Å². The number of ketones is 1. The lowest BCUT2D eigenvalue weighted by Gasteiger charge is -2.13. The highest BCUT2D eigenvalue weighted by atomic mass is 79.9. The maximum absolute atomic E-state index is 11.3. The van der Waals surface area contributed by atoms with Crippen molar-refractivity contribution >= 4 is 133 Å². The molecule has 12 rings (SSSR count). The Morgan fingerprint density at radius 1 is 0.487 bits per heavy atom. The number of fused-ring (bicyclic) bond motifs is 3. The standard InChI is InChI=1S/C18H16BrN3OS.2C17H14BrN3O2S.2C2H2/c1-11(23)10-24-18-21-20-17(19)22(18)16-9-8-13(12-6-7-12)14-4-2-3-5-15(14)16;2*18-16-19-20-17(24-9-15(22)23)21(16)14-8-7-11(10-5-6-10)12-3-1-2-4-13(12)14;2*1-2/h2-5,8-9,12H,6-7,10H2,1H3;2*1-4,7-8,10H,5-6,9H2,(H,22,23);2*1-2H/i;;;2*1D. The van der Waals surface area contributed by atoms with Gasteiger partial charge in [0.2, 0.25) is 14.2 Å². The fourth-order valence-corrected chi connectivity index (χ4v) is 12.6. The number of aromatic nitrogens is 9. The van der Waals surface area contributed by atoms with Crippen LogP contribution in [0, 0.1) is 25.6 Å². The van der Waals surface area contributed by atoms with Crippen LogP contribution in [0.4, 0.5) is 0 Å². The van der Waals surface area contributed by atoms with Gasteiger partial charge in [0, 0.05) is 16.2 Å². The number of nitrogens with zero attached hydrogens (tertiary/aromatic N) is 9. The van der Waals surface area contributed by atoms with Gasteiger partial charge >= 0.3 is 11.9 Å². The fraction of sp³-hybridized carbons (Fsp3) is 0.232. The summed E-state index contributed by atoms with van der Waals surface area (Å²) in [6.07, 6.45) is 19.1. The molecule has 0 saturated heterocycles. The van der Waals surface area contributed by atoms with Crippen LogP contribution in [-0.4, -0.2) is 89.5 Å². The zero-order chi connectivity index (χ0) is 55.5. The molecule has 6 aromatic carbocycles. The molecule has 0 bridgehead atoms. The lowest BCUT2D eigenvalue weighted by atomic mass is 9.99. The van der Waals surface area contributed by atoms with Gasteiger partial charge in [-0.3, -0.25) is 28.1 Å². The van der Waals surface area contributed by atoms with E-state index in [0.29, 0.717) is 48.0 Å². The van der Waals surface area contributed by atoms with Gasteiger partial charge in [-0.05, 0) is 162 Å². The molecular weight excluding hydrogens is 1210 g/mol. The smallest absolute Gasteiger partial charge is 0.313 e. The molecule has 20 heteroatoms. The third-order valence-corrected chi connectivity index (χ3v) is 16.9. The van der Waals surface area contributed by atoms with E-state index in [9.17, 15) is 14.4 Å². The summed E-state index contributed by atoms with van der Waals surface area (Å²) in [4.78, 5) is 33.1. The number of aliphatic carboxylic acids is 2. The molecule has 76 heavy (non-hydrogen) atoms. The molecule has 3 saturated carbocycles. The predicted molar refractivity (Wildman–Crippen MR) is 314 cm³/mol. The quantitative estimate of drug-likeness (QED) is 0.0730. The molecular formula is C56H48Br3N9O5S3. The lowest BCUT2D eigenvalue weighted by Crippen LogP contribution is -2.03. The SMILES string of the molecule is CC(=O)CSc1nnc(Br)n1-c1ccc(C2CC2)c2ccccc12.O=C(O)CSc1nnc(Br)n1-c1ccc(C2CC2)c2ccccc12.O=C(O)CSc1nnc(Br)n1-c1ccc(C2CC2)c2ccccc12.[2H]C#C.[2H]C#C. The monoisotopic (exact) mass is 1260 g/mol. The Hall–Kier alpha value is -6.26. The molecule has 0 atom stereocenters. The second-order valence-electron chi connectivity index (χ2n) is 17.6. The van der Waals surface area contributed by atoms with E-state index in [1.54, 1.807) is 6.92 Å². The number of rotatable bonds is 15. The van der Waals surface area contributed by atoms with E-state index >= 15 is 0 Å². The zero-order valence-corrected chi connectivity index (χ0v) is 47.9. The van der Waals surface area contributed by atoms with E-state index in [2.05, 4.69) is 188 Å². The Labute approximate surface area is 479 Å². The Morgan fingerprint density at radius 2 is 0.750 bits per heavy atom. The van der Waals surface area contributed by atoms with Crippen LogP contribution in [0.25, 0.3) is 49.4 Å². The molecule has 0 amide bonds. The van der Waals surface area contributed by atoms with Gasteiger partial charge in [-0.25, -0.2) is 0 Å². The highest BCUT2D eigenvalue weighted by Gasteiger charge is 2.29. The topological polar surface area (TPSA) is 184 Å². The van der Waals surface area contributed by atoms with Crippen molar-refractivity contribution in [2.45, 2.75) is 78.7 Å². The van der Waals surface area contributed by atoms with Crippen molar-refractivity contribution in [3.63, 3.8) is 0 Å². The maximum Gasteiger partial charge on any atom is 0.313 e. The molecule has 9 aromatic rings. The van der Waals surface area contributed by atoms with Gasteiger partial charge in [-0.15, -0.1) is 56.2 Å². The fourth-order valence-electron chi connectivity index (χ4n) is 8.82. The van der Waals surface area contributed by atoms with Crippen LogP contribution >= 0.6 is 83.1 Å². The minimum Gasteiger partial charge on any atom is -0.481 e. The highest BCUT2D eigenvalue weighted by molar-refractivity contribution is 9.10. The molecule has 14 nitrogen and oxygen atoms in total. The van der Waals surface area contributed by atoms with Crippen molar-refractivity contribution < 1.29 is 27.3 Å². The number of carboxylic acids is 2. The first-order chi connectivity index (χ1) is 37.8. The van der Waals surface area contributed by atoms with Crippen molar-refractivity contribution in [2.75, 3.05) is 17.3 Å². The van der Waals surface area contributed by atoms with Gasteiger partial charge in [0.1, 0.15) is 8.52 Å². The number of benzene rings is 6. The van der Waals surface area contributed by atoms with E-state index in [4.69, 9.17) is 13.0 Å². The number of hydrogen-bond acceptors (Lipinski definition) is 12. The molecule has 3 aliphatic rings. The number of halogens is 3. The number of carbonyl (C=O) groups is 3. The molecule has 3 aliphatic carbocycles. The Kier molecular flexibility index (Phi) is 18.0. The third-order valence-electron chi connectivity index (χ3n) is 12.4. The normalized spacial score (nSPS) is 13.7. The summed E-state index contributed by atoms with van der Waals surface area (Å²) in [5.74, 6) is 0.678. The third kappa shape index (κ3) is 12.9. The first-order valence-corrected chi connectivity index (χ1v) is 29.1. The number of terminal acetylenes is 2. The van der Waals surface area contributed by atoms with Gasteiger partial charge < -0.3 is 10.2 Å². The molecule has 2 N–H and O–H groups in total. The molecule has 0 radical (unpaired) electrons. The van der Waals surface area contributed by atoms with Crippen LogP contribution in [0.3, 0.4) is 0 Å². The van der Waals surface area contributed by atoms with Crippen molar-refractivity contribution in [2.24, 2.45) is 0 Å². The molecule has 0 spiro atoms. The van der Waals surface area contributed by atoms with Gasteiger partial charge in [-0.2, -0.15) is 0 Å². The number of hydrogen-bond donors (Lipinski definition) is 2. The molecule has 3 heterocycles. The van der Waals surface area contributed by atoms with Crippen molar-refractivity contribution in [3.8, 4) is 42.7 Å². The minimum atomic E-state index is -0.875. The largest absolute Gasteiger partial charge is 0.481 e. The maximum atomic E-state index is 11.3. The molecule has 0 unspecified atom stereocenters. The van der Waals surface area contributed by atoms with Crippen molar-refractivity contribution in [1.82, 2.24) is 44.3 Å². The van der Waals surface area contributed by atoms with Gasteiger partial charge in [0.15, 0.2) is 15.5 Å². The predicted octanol–water partition coefficient (Wildman–Crippen LogP) is 13.7. The van der Waals surface area contributed by atoms with Gasteiger partial charge in [-0.1, -0.05) is 126 Å². The summed E-state index contributed by atoms with van der Waals surface area (Å²) in [5, 5.41) is 51.6. The molecule has 0 aliphatic heterocycles. The van der Waals surface area contributed by atoms with Gasteiger partial charge in [0.25, 0.3) is 0 Å². The number of thioether (sulfide) groups is 3. The molecule has 386 valence electrons. The second kappa shape index (κ2) is 25.7. The van der Waals surface area contributed by atoms with Gasteiger partial charge in [0.05, 0.1) is 34.3 Å². The van der Waals surface area contributed by atoms with E-state index < -0.39 is 11.9 Å². The van der Waals surface area contributed by atoms with Crippen LogP contribution < -0.4 is 0 Å². The van der Waals surface area contributed by atoms with E-state index in [0.717, 1.165) is 56.5 Å². The zero-order valence-electron chi connectivity index (χ0n) is 42.6. The van der Waals surface area contributed by atoms with Crippen LogP contribution in [-0.2, 0) is 14.4 Å². The van der Waals surface area contributed by atoms with Crippen molar-refractivity contribution in [3.05, 3.63) is 140 Å². The van der Waals surface area contributed by atoms with E-state index in [-0.39, 0.29) is 17.3 Å². The number of Topliss-reactive ketones (excluding diaryl/α,β-unsaturated/α-hetero) is 1. The number of carbonyl (C=O) groups excluding carboxylic acids is 1. The molecule has 3 aromatic heterocycles. The van der Waals surface area contributed by atoms with E-state index in [1.807, 2.05) is 25.8 Å². The molecule has 3 fully saturated rings. The second-order valence-corrected chi connectivity index (χ2v) is 22.6.